The van der Waals surface area contributed by atoms with Gasteiger partial charge in [0.2, 0.25) is 0 Å². The molecule has 1 atom stereocenters. The van der Waals surface area contributed by atoms with Crippen molar-refractivity contribution in [1.82, 2.24) is 5.32 Å². The lowest BCUT2D eigenvalue weighted by Crippen LogP contribution is -2.46. The minimum atomic E-state index is -1.17. The summed E-state index contributed by atoms with van der Waals surface area (Å²) in [6.07, 6.45) is 0. The van der Waals surface area contributed by atoms with Gasteiger partial charge in [-0.15, -0.1) is 0 Å². The maximum absolute atomic E-state index is 11.6. The number of phenolic OH excluding ortho intramolecular Hbond substituents is 3. The van der Waals surface area contributed by atoms with Crippen LogP contribution in [0.25, 0.3) is 0 Å². The second kappa shape index (κ2) is 6.00. The quantitative estimate of drug-likeness (QED) is 0.360. The van der Waals surface area contributed by atoms with Crippen molar-refractivity contribution in [2.24, 2.45) is 5.92 Å². The zero-order chi connectivity index (χ0) is 15.4. The van der Waals surface area contributed by atoms with Gasteiger partial charge in [-0.2, -0.15) is 0 Å². The summed E-state index contributed by atoms with van der Waals surface area (Å²) in [5.41, 5.74) is 0.00296. The number of carbonyl (C=O) groups excluding carboxylic acids is 1. The van der Waals surface area contributed by atoms with E-state index in [2.05, 4.69) is 10.6 Å². The first kappa shape index (κ1) is 15.4. The van der Waals surface area contributed by atoms with Crippen molar-refractivity contribution in [3.05, 3.63) is 12.1 Å². The van der Waals surface area contributed by atoms with Gasteiger partial charge in [0, 0.05) is 12.1 Å². The molecule has 2 amide bonds. The molecule has 0 aromatic heterocycles. The number of nitrogens with one attached hydrogen (secondary N) is 2. The predicted molar refractivity (Wildman–Crippen MR) is 69.9 cm³/mol. The van der Waals surface area contributed by atoms with Gasteiger partial charge in [-0.1, -0.05) is 13.8 Å². The van der Waals surface area contributed by atoms with E-state index in [0.29, 0.717) is 0 Å². The molecule has 0 aliphatic carbocycles. The van der Waals surface area contributed by atoms with Crippen LogP contribution < -0.4 is 10.6 Å². The van der Waals surface area contributed by atoms with Gasteiger partial charge in [0.25, 0.3) is 0 Å². The third-order valence-electron chi connectivity index (χ3n) is 2.55. The van der Waals surface area contributed by atoms with E-state index in [9.17, 15) is 19.8 Å². The number of phenols is 3. The Bertz CT molecular complexity index is 506. The van der Waals surface area contributed by atoms with Crippen molar-refractivity contribution < 1.29 is 30.0 Å². The smallest absolute Gasteiger partial charge is 0.326 e. The van der Waals surface area contributed by atoms with Gasteiger partial charge in [-0.05, 0) is 5.92 Å². The molecule has 110 valence electrons. The maximum atomic E-state index is 11.6. The highest BCUT2D eigenvalue weighted by Crippen LogP contribution is 2.37. The number of aliphatic carboxylic acids is 1. The summed E-state index contributed by atoms with van der Waals surface area (Å²) >= 11 is 0. The minimum absolute atomic E-state index is 0.00296. The van der Waals surface area contributed by atoms with E-state index in [0.717, 1.165) is 12.1 Å². The average Bonchev–Trinajstić information content (AvgIpc) is 2.32. The molecule has 0 radical (unpaired) electrons. The van der Waals surface area contributed by atoms with Gasteiger partial charge < -0.3 is 31.1 Å². The summed E-state index contributed by atoms with van der Waals surface area (Å²) < 4.78 is 0. The van der Waals surface area contributed by atoms with Gasteiger partial charge in [-0.3, -0.25) is 0 Å². The van der Waals surface area contributed by atoms with Crippen molar-refractivity contribution >= 4 is 17.7 Å². The van der Waals surface area contributed by atoms with E-state index in [1.165, 1.54) is 0 Å². The minimum Gasteiger partial charge on any atom is -0.504 e. The molecule has 8 heteroatoms. The lowest BCUT2D eigenvalue weighted by molar-refractivity contribution is -0.140. The van der Waals surface area contributed by atoms with E-state index in [4.69, 9.17) is 10.2 Å². The lowest BCUT2D eigenvalue weighted by Gasteiger charge is -2.18. The molecule has 0 aliphatic heterocycles. The van der Waals surface area contributed by atoms with Gasteiger partial charge >= 0.3 is 12.0 Å². The molecule has 1 aromatic rings. The molecule has 0 saturated carbocycles. The Morgan fingerprint density at radius 3 is 2.00 bits per heavy atom. The Morgan fingerprint density at radius 1 is 1.10 bits per heavy atom. The Hall–Kier alpha value is -2.64. The molecule has 0 fully saturated rings. The molecule has 1 aromatic carbocycles. The average molecular weight is 284 g/mol. The van der Waals surface area contributed by atoms with Crippen molar-refractivity contribution in [3.8, 4) is 17.2 Å². The van der Waals surface area contributed by atoms with Crippen LogP contribution in [0.2, 0.25) is 0 Å². The first-order valence-corrected chi connectivity index (χ1v) is 5.77. The predicted octanol–water partition coefficient (Wildman–Crippen LogP) is 1.03. The zero-order valence-electron chi connectivity index (χ0n) is 10.9. The van der Waals surface area contributed by atoms with Gasteiger partial charge in [-0.25, -0.2) is 9.59 Å². The first-order valence-electron chi connectivity index (χ1n) is 5.77. The van der Waals surface area contributed by atoms with Crippen LogP contribution in [0.15, 0.2) is 12.1 Å². The van der Waals surface area contributed by atoms with Crippen LogP contribution in [-0.4, -0.2) is 38.5 Å². The van der Waals surface area contributed by atoms with Crippen molar-refractivity contribution in [1.29, 1.82) is 0 Å². The van der Waals surface area contributed by atoms with Gasteiger partial charge in [0.05, 0.1) is 5.69 Å². The molecule has 8 nitrogen and oxygen atoms in total. The summed E-state index contributed by atoms with van der Waals surface area (Å²) in [6.45, 7) is 3.27. The van der Waals surface area contributed by atoms with Crippen molar-refractivity contribution in [2.45, 2.75) is 19.9 Å². The number of hydrogen-bond donors (Lipinski definition) is 6. The second-order valence-electron chi connectivity index (χ2n) is 4.52. The molecule has 20 heavy (non-hydrogen) atoms. The molecule has 1 rings (SSSR count). The highest BCUT2D eigenvalue weighted by atomic mass is 16.4. The molecule has 0 saturated heterocycles. The summed E-state index contributed by atoms with van der Waals surface area (Å²) in [5, 5.41) is 41.1. The maximum Gasteiger partial charge on any atom is 0.326 e. The number of benzene rings is 1. The van der Waals surface area contributed by atoms with Crippen LogP contribution >= 0.6 is 0 Å². The number of urea groups is 1. The largest absolute Gasteiger partial charge is 0.504 e. The molecule has 1 unspecified atom stereocenters. The SMILES string of the molecule is CC(C)C(NC(=O)Nc1cc(O)c(O)c(O)c1)C(=O)O. The fraction of sp³-hybridized carbons (Fsp3) is 0.333. The number of amides is 2. The Kier molecular flexibility index (Phi) is 4.63. The zero-order valence-corrected chi connectivity index (χ0v) is 10.9. The summed E-state index contributed by atoms with van der Waals surface area (Å²) in [5.74, 6) is -3.43. The highest BCUT2D eigenvalue weighted by Gasteiger charge is 2.23. The van der Waals surface area contributed by atoms with Crippen LogP contribution in [0.1, 0.15) is 13.8 Å². The number of carbonyl (C=O) groups is 2. The Labute approximate surface area is 114 Å². The molecule has 6 N–H and O–H groups in total. The van der Waals surface area contributed by atoms with Gasteiger partial charge in [0.15, 0.2) is 17.2 Å². The Balaban J connectivity index is 2.78. The molecular weight excluding hydrogens is 268 g/mol. The Morgan fingerprint density at radius 2 is 1.60 bits per heavy atom. The third-order valence-corrected chi connectivity index (χ3v) is 2.55. The molecule has 0 heterocycles. The topological polar surface area (TPSA) is 139 Å². The molecule has 0 bridgehead atoms. The standard InChI is InChI=1S/C12H16N2O6/c1-5(2)9(11(18)19)14-12(20)13-6-3-7(15)10(17)8(16)4-6/h3-5,9,15-17H,1-2H3,(H,18,19)(H2,13,14,20). The number of aromatic hydroxyl groups is 3. The van der Waals surface area contributed by atoms with Crippen molar-refractivity contribution in [3.63, 3.8) is 0 Å². The van der Waals surface area contributed by atoms with E-state index >= 15 is 0 Å². The molecule has 0 spiro atoms. The number of anilines is 1. The highest BCUT2D eigenvalue weighted by molar-refractivity contribution is 5.92. The fourth-order valence-electron chi connectivity index (χ4n) is 1.50. The van der Waals surface area contributed by atoms with Crippen LogP contribution in [0.3, 0.4) is 0 Å². The number of carboxylic acids is 1. The normalized spacial score (nSPS) is 11.9. The first-order chi connectivity index (χ1) is 9.22. The van der Waals surface area contributed by atoms with Crippen LogP contribution in [0.5, 0.6) is 17.2 Å². The van der Waals surface area contributed by atoms with E-state index in [1.54, 1.807) is 13.8 Å². The lowest BCUT2D eigenvalue weighted by atomic mass is 10.1. The summed E-state index contributed by atoms with van der Waals surface area (Å²) in [7, 11) is 0. The molecular formula is C12H16N2O6. The number of carboxylic acid groups (broad SMARTS) is 1. The summed E-state index contributed by atoms with van der Waals surface area (Å²) in [4.78, 5) is 22.6. The number of hydrogen-bond acceptors (Lipinski definition) is 5. The summed E-state index contributed by atoms with van der Waals surface area (Å²) in [6, 6.07) is 0.143. The van der Waals surface area contributed by atoms with E-state index in [-0.39, 0.29) is 11.6 Å². The van der Waals surface area contributed by atoms with E-state index in [1.807, 2.05) is 0 Å². The number of rotatable bonds is 4. The van der Waals surface area contributed by atoms with Crippen LogP contribution in [-0.2, 0) is 4.79 Å². The third kappa shape index (κ3) is 3.67. The monoisotopic (exact) mass is 284 g/mol. The molecule has 0 aliphatic rings. The second-order valence-corrected chi connectivity index (χ2v) is 4.52. The van der Waals surface area contributed by atoms with Crippen LogP contribution in [0, 0.1) is 5.92 Å². The van der Waals surface area contributed by atoms with Crippen LogP contribution in [0.4, 0.5) is 10.5 Å². The van der Waals surface area contributed by atoms with Crippen molar-refractivity contribution in [2.75, 3.05) is 5.32 Å². The fourth-order valence-corrected chi connectivity index (χ4v) is 1.50. The van der Waals surface area contributed by atoms with E-state index < -0.39 is 35.3 Å². The van der Waals surface area contributed by atoms with Gasteiger partial charge in [0.1, 0.15) is 6.04 Å².